The number of sulfone groups is 1. The molecule has 0 aromatic carbocycles. The van der Waals surface area contributed by atoms with Crippen molar-refractivity contribution in [2.75, 3.05) is 11.5 Å². The summed E-state index contributed by atoms with van der Waals surface area (Å²) in [6.07, 6.45) is 1.09. The van der Waals surface area contributed by atoms with Crippen LogP contribution in [0.3, 0.4) is 0 Å². The van der Waals surface area contributed by atoms with Gasteiger partial charge >= 0.3 is 0 Å². The second kappa shape index (κ2) is 4.39. The smallest absolute Gasteiger partial charge is 0.154 e. The van der Waals surface area contributed by atoms with Gasteiger partial charge in [-0.05, 0) is 19.8 Å². The van der Waals surface area contributed by atoms with Gasteiger partial charge in [-0.25, -0.2) is 8.42 Å². The number of aliphatic hydroxyl groups is 1. The van der Waals surface area contributed by atoms with Crippen LogP contribution in [0.4, 0.5) is 0 Å². The molecule has 4 nitrogen and oxygen atoms in total. The molecule has 1 rings (SSSR count). The molecule has 0 radical (unpaired) electrons. The van der Waals surface area contributed by atoms with Gasteiger partial charge in [0.25, 0.3) is 0 Å². The van der Waals surface area contributed by atoms with Crippen molar-refractivity contribution in [3.63, 3.8) is 0 Å². The Morgan fingerprint density at radius 2 is 1.87 bits per heavy atom. The van der Waals surface area contributed by atoms with E-state index >= 15 is 0 Å². The molecule has 0 aliphatic carbocycles. The van der Waals surface area contributed by atoms with Crippen LogP contribution in [0.5, 0.6) is 0 Å². The lowest BCUT2D eigenvalue weighted by atomic mass is 9.94. The Balaban J connectivity index is 2.67. The van der Waals surface area contributed by atoms with Crippen LogP contribution in [-0.4, -0.2) is 42.7 Å². The quantitative estimate of drug-likeness (QED) is 0.736. The van der Waals surface area contributed by atoms with Gasteiger partial charge in [-0.15, -0.1) is 0 Å². The summed E-state index contributed by atoms with van der Waals surface area (Å²) in [6.45, 7) is 6.18. The van der Waals surface area contributed by atoms with Crippen LogP contribution in [-0.2, 0) is 9.84 Å². The molecule has 2 N–H and O–H groups in total. The minimum atomic E-state index is -3.05. The Morgan fingerprint density at radius 1 is 1.33 bits per heavy atom. The van der Waals surface area contributed by atoms with Crippen LogP contribution in [0.15, 0.2) is 0 Å². The number of hydrogen-bond donors (Lipinski definition) is 2. The lowest BCUT2D eigenvalue weighted by Crippen LogP contribution is -2.51. The molecule has 0 saturated carbocycles. The Kier molecular flexibility index (Phi) is 3.79. The maximum atomic E-state index is 11.3. The molecular weight excluding hydrogens is 214 g/mol. The molecule has 2 unspecified atom stereocenters. The minimum Gasteiger partial charge on any atom is -0.390 e. The van der Waals surface area contributed by atoms with E-state index in [2.05, 4.69) is 26.1 Å². The predicted molar refractivity (Wildman–Crippen MR) is 60.6 cm³/mol. The van der Waals surface area contributed by atoms with E-state index in [4.69, 9.17) is 0 Å². The molecular formula is C10H21NO3S. The van der Waals surface area contributed by atoms with Gasteiger partial charge in [-0.1, -0.05) is 13.8 Å². The third-order valence-electron chi connectivity index (χ3n) is 3.42. The zero-order chi connectivity index (χ0) is 11.7. The van der Waals surface area contributed by atoms with E-state index in [1.807, 2.05) is 0 Å². The highest BCUT2D eigenvalue weighted by Gasteiger charge is 2.39. The van der Waals surface area contributed by atoms with Gasteiger partial charge in [0.15, 0.2) is 9.84 Å². The Hall–Kier alpha value is -0.130. The zero-order valence-corrected chi connectivity index (χ0v) is 10.5. The molecule has 1 fully saturated rings. The Bertz CT molecular complexity index is 309. The summed E-state index contributed by atoms with van der Waals surface area (Å²) < 4.78 is 22.6. The summed E-state index contributed by atoms with van der Waals surface area (Å²) in [7, 11) is -3.05. The summed E-state index contributed by atoms with van der Waals surface area (Å²) in [6, 6.07) is -0.306. The first-order valence-corrected chi connectivity index (χ1v) is 7.30. The molecule has 1 aliphatic rings. The first kappa shape index (κ1) is 12.9. The van der Waals surface area contributed by atoms with Gasteiger partial charge in [0.1, 0.15) is 0 Å². The lowest BCUT2D eigenvalue weighted by Gasteiger charge is -2.32. The topological polar surface area (TPSA) is 66.4 Å². The van der Waals surface area contributed by atoms with Crippen molar-refractivity contribution in [1.82, 2.24) is 5.32 Å². The van der Waals surface area contributed by atoms with Gasteiger partial charge in [-0.3, -0.25) is 0 Å². The van der Waals surface area contributed by atoms with Crippen LogP contribution in [0.25, 0.3) is 0 Å². The van der Waals surface area contributed by atoms with Crippen molar-refractivity contribution in [3.05, 3.63) is 0 Å². The zero-order valence-electron chi connectivity index (χ0n) is 9.66. The van der Waals surface area contributed by atoms with Crippen LogP contribution in [0.2, 0.25) is 0 Å². The van der Waals surface area contributed by atoms with Crippen LogP contribution in [0, 0.1) is 0 Å². The van der Waals surface area contributed by atoms with Crippen molar-refractivity contribution in [1.29, 1.82) is 0 Å². The second-order valence-corrected chi connectivity index (χ2v) is 6.82. The Labute approximate surface area is 92.0 Å². The minimum absolute atomic E-state index is 0.0593. The third-order valence-corrected chi connectivity index (χ3v) is 5.13. The largest absolute Gasteiger partial charge is 0.390 e. The molecule has 0 aromatic heterocycles. The number of hydrogen-bond acceptors (Lipinski definition) is 4. The molecule has 1 aliphatic heterocycles. The van der Waals surface area contributed by atoms with E-state index in [0.29, 0.717) is 0 Å². The second-order valence-electron chi connectivity index (χ2n) is 4.66. The fraction of sp³-hybridized carbons (Fsp3) is 1.00. The van der Waals surface area contributed by atoms with Crippen molar-refractivity contribution >= 4 is 9.84 Å². The fourth-order valence-corrected chi connectivity index (χ4v) is 3.61. The van der Waals surface area contributed by atoms with Gasteiger partial charge < -0.3 is 10.4 Å². The monoisotopic (exact) mass is 235 g/mol. The lowest BCUT2D eigenvalue weighted by molar-refractivity contribution is 0.140. The Morgan fingerprint density at radius 3 is 2.20 bits per heavy atom. The van der Waals surface area contributed by atoms with Gasteiger partial charge in [0.05, 0.1) is 17.6 Å². The fourth-order valence-electron chi connectivity index (χ4n) is 1.87. The first-order chi connectivity index (χ1) is 6.82. The molecule has 90 valence electrons. The normalized spacial score (nSPS) is 30.7. The van der Waals surface area contributed by atoms with Crippen molar-refractivity contribution < 1.29 is 13.5 Å². The standard InChI is InChI=1S/C10H21NO3S/c1-4-10(3,5-2)11-8-6-15(13,14)7-9(8)12/h8-9,11-12H,4-7H2,1-3H3. The van der Waals surface area contributed by atoms with E-state index in [-0.39, 0.29) is 23.1 Å². The van der Waals surface area contributed by atoms with Crippen LogP contribution in [0.1, 0.15) is 33.6 Å². The predicted octanol–water partition coefficient (Wildman–Crippen LogP) is 0.313. The van der Waals surface area contributed by atoms with Crippen molar-refractivity contribution in [3.8, 4) is 0 Å². The van der Waals surface area contributed by atoms with Crippen LogP contribution < -0.4 is 5.32 Å². The highest BCUT2D eigenvalue weighted by molar-refractivity contribution is 7.91. The van der Waals surface area contributed by atoms with Gasteiger partial charge in [0, 0.05) is 11.6 Å². The van der Waals surface area contributed by atoms with Gasteiger partial charge in [0.2, 0.25) is 0 Å². The molecule has 0 aromatic rings. The summed E-state index contributed by atoms with van der Waals surface area (Å²) in [5, 5.41) is 12.9. The van der Waals surface area contributed by atoms with E-state index in [0.717, 1.165) is 12.8 Å². The van der Waals surface area contributed by atoms with Crippen LogP contribution >= 0.6 is 0 Å². The number of aliphatic hydroxyl groups excluding tert-OH is 1. The highest BCUT2D eigenvalue weighted by atomic mass is 32.2. The molecule has 0 amide bonds. The molecule has 0 spiro atoms. The summed E-state index contributed by atoms with van der Waals surface area (Å²) in [5.41, 5.74) is -0.0779. The van der Waals surface area contributed by atoms with E-state index in [1.165, 1.54) is 0 Å². The third kappa shape index (κ3) is 3.16. The first-order valence-electron chi connectivity index (χ1n) is 5.48. The van der Waals surface area contributed by atoms with E-state index < -0.39 is 15.9 Å². The molecule has 1 saturated heterocycles. The summed E-state index contributed by atoms with van der Waals surface area (Å²) >= 11 is 0. The molecule has 1 heterocycles. The summed E-state index contributed by atoms with van der Waals surface area (Å²) in [5.74, 6) is -0.0437. The maximum absolute atomic E-state index is 11.3. The molecule has 5 heteroatoms. The number of rotatable bonds is 4. The highest BCUT2D eigenvalue weighted by Crippen LogP contribution is 2.20. The average molecular weight is 235 g/mol. The van der Waals surface area contributed by atoms with E-state index in [1.54, 1.807) is 0 Å². The summed E-state index contributed by atoms with van der Waals surface area (Å²) in [4.78, 5) is 0. The molecule has 15 heavy (non-hydrogen) atoms. The maximum Gasteiger partial charge on any atom is 0.154 e. The average Bonchev–Trinajstić information content (AvgIpc) is 2.39. The number of nitrogens with one attached hydrogen (secondary N) is 1. The van der Waals surface area contributed by atoms with E-state index in [9.17, 15) is 13.5 Å². The SMILES string of the molecule is CCC(C)(CC)NC1CS(=O)(=O)CC1O. The van der Waals surface area contributed by atoms with Gasteiger partial charge in [-0.2, -0.15) is 0 Å². The molecule has 0 bridgehead atoms. The van der Waals surface area contributed by atoms with Crippen molar-refractivity contribution in [2.24, 2.45) is 0 Å². The van der Waals surface area contributed by atoms with Crippen molar-refractivity contribution in [2.45, 2.75) is 51.3 Å². The molecule has 2 atom stereocenters.